The summed E-state index contributed by atoms with van der Waals surface area (Å²) < 4.78 is 1.12. The monoisotopic (exact) mass is 340 g/mol. The van der Waals surface area contributed by atoms with Gasteiger partial charge in [-0.3, -0.25) is 0 Å². The third kappa shape index (κ3) is 2.51. The van der Waals surface area contributed by atoms with Crippen LogP contribution in [-0.4, -0.2) is 9.97 Å². The topological polar surface area (TPSA) is 28.7 Å². The molecule has 1 aromatic heterocycles. The molecule has 0 unspecified atom stereocenters. The van der Waals surface area contributed by atoms with Crippen LogP contribution in [0.4, 0.5) is 0 Å². The first-order valence-electron chi connectivity index (χ1n) is 7.54. The van der Waals surface area contributed by atoms with E-state index in [9.17, 15) is 0 Å². The van der Waals surface area contributed by atoms with E-state index in [1.807, 2.05) is 6.20 Å². The van der Waals surface area contributed by atoms with Crippen LogP contribution in [0.5, 0.6) is 0 Å². The van der Waals surface area contributed by atoms with Gasteiger partial charge >= 0.3 is 0 Å². The van der Waals surface area contributed by atoms with Gasteiger partial charge < -0.3 is 4.98 Å². The van der Waals surface area contributed by atoms with Gasteiger partial charge in [-0.05, 0) is 41.8 Å². The number of nitrogens with zero attached hydrogens (tertiary/aromatic N) is 1. The standard InChI is InChI=1S/C18H17BrN2/c19-16-8-7-13-9-15(6-5-14(13)10-16)17-11-20-18(21-17)12-3-1-2-4-12/h5-12H,1-4H2,(H,20,21). The number of nitrogens with one attached hydrogen (secondary N) is 1. The number of aromatic amines is 1. The molecule has 1 heterocycles. The molecule has 0 atom stereocenters. The van der Waals surface area contributed by atoms with Crippen molar-refractivity contribution in [1.82, 2.24) is 9.97 Å². The van der Waals surface area contributed by atoms with Crippen molar-refractivity contribution in [3.63, 3.8) is 0 Å². The second-order valence-electron chi connectivity index (χ2n) is 5.87. The lowest BCUT2D eigenvalue weighted by Gasteiger charge is -2.05. The molecule has 0 aliphatic heterocycles. The van der Waals surface area contributed by atoms with Crippen molar-refractivity contribution < 1.29 is 0 Å². The summed E-state index contributed by atoms with van der Waals surface area (Å²) in [6.45, 7) is 0. The minimum atomic E-state index is 0.634. The van der Waals surface area contributed by atoms with Crippen LogP contribution in [0.15, 0.2) is 47.1 Å². The average molecular weight is 341 g/mol. The first-order chi connectivity index (χ1) is 10.3. The Morgan fingerprint density at radius 2 is 1.76 bits per heavy atom. The fraction of sp³-hybridized carbons (Fsp3) is 0.278. The Bertz CT molecular complexity index is 785. The molecular formula is C18H17BrN2. The first-order valence-corrected chi connectivity index (χ1v) is 8.33. The lowest BCUT2D eigenvalue weighted by Crippen LogP contribution is -1.94. The van der Waals surface area contributed by atoms with Crippen LogP contribution in [0.25, 0.3) is 22.0 Å². The van der Waals surface area contributed by atoms with Gasteiger partial charge in [-0.25, -0.2) is 4.98 Å². The molecule has 0 amide bonds. The molecule has 1 aliphatic rings. The van der Waals surface area contributed by atoms with Crippen LogP contribution in [0.3, 0.4) is 0 Å². The Labute approximate surface area is 132 Å². The van der Waals surface area contributed by atoms with Gasteiger partial charge in [0.2, 0.25) is 0 Å². The SMILES string of the molecule is Brc1ccc2cc(-c3cnc(C4CCCC4)[nH]3)ccc2c1. The van der Waals surface area contributed by atoms with Gasteiger partial charge in [-0.1, -0.05) is 47.0 Å². The van der Waals surface area contributed by atoms with Gasteiger partial charge in [0.25, 0.3) is 0 Å². The molecule has 1 aliphatic carbocycles. The summed E-state index contributed by atoms with van der Waals surface area (Å²) in [6, 6.07) is 13.0. The van der Waals surface area contributed by atoms with Gasteiger partial charge in [0, 0.05) is 16.0 Å². The largest absolute Gasteiger partial charge is 0.342 e. The van der Waals surface area contributed by atoms with E-state index in [1.165, 1.54) is 47.8 Å². The molecule has 106 valence electrons. The minimum Gasteiger partial charge on any atom is -0.342 e. The molecule has 0 spiro atoms. The average Bonchev–Trinajstić information content (AvgIpc) is 3.17. The van der Waals surface area contributed by atoms with Crippen molar-refractivity contribution in [2.45, 2.75) is 31.6 Å². The zero-order chi connectivity index (χ0) is 14.2. The van der Waals surface area contributed by atoms with E-state index in [1.54, 1.807) is 0 Å². The highest BCUT2D eigenvalue weighted by atomic mass is 79.9. The maximum absolute atomic E-state index is 4.61. The molecule has 4 rings (SSSR count). The lowest BCUT2D eigenvalue weighted by atomic mass is 10.1. The number of halogens is 1. The molecular weight excluding hydrogens is 324 g/mol. The molecule has 21 heavy (non-hydrogen) atoms. The Hall–Kier alpha value is -1.61. The molecule has 1 fully saturated rings. The molecule has 3 heteroatoms. The zero-order valence-electron chi connectivity index (χ0n) is 11.8. The number of rotatable bonds is 2. The van der Waals surface area contributed by atoms with E-state index >= 15 is 0 Å². The Balaban J connectivity index is 1.71. The zero-order valence-corrected chi connectivity index (χ0v) is 13.4. The summed E-state index contributed by atoms with van der Waals surface area (Å²) in [7, 11) is 0. The number of imidazole rings is 1. The van der Waals surface area contributed by atoms with E-state index in [-0.39, 0.29) is 0 Å². The van der Waals surface area contributed by atoms with E-state index in [4.69, 9.17) is 0 Å². The van der Waals surface area contributed by atoms with Gasteiger partial charge in [0.15, 0.2) is 0 Å². The fourth-order valence-corrected chi connectivity index (χ4v) is 3.65. The third-order valence-corrected chi connectivity index (χ3v) is 4.94. The van der Waals surface area contributed by atoms with Crippen LogP contribution < -0.4 is 0 Å². The van der Waals surface area contributed by atoms with Gasteiger partial charge in [0.05, 0.1) is 11.9 Å². The summed E-state index contributed by atoms with van der Waals surface area (Å²) in [5.74, 6) is 1.80. The number of fused-ring (bicyclic) bond motifs is 1. The molecule has 3 aromatic rings. The Morgan fingerprint density at radius 1 is 1.00 bits per heavy atom. The van der Waals surface area contributed by atoms with Crippen molar-refractivity contribution in [2.75, 3.05) is 0 Å². The maximum Gasteiger partial charge on any atom is 0.109 e. The van der Waals surface area contributed by atoms with Crippen molar-refractivity contribution in [1.29, 1.82) is 0 Å². The summed E-state index contributed by atoms with van der Waals surface area (Å²) in [4.78, 5) is 8.13. The third-order valence-electron chi connectivity index (χ3n) is 4.45. The normalized spacial score (nSPS) is 15.9. The number of H-pyrrole nitrogens is 1. The highest BCUT2D eigenvalue weighted by molar-refractivity contribution is 9.10. The maximum atomic E-state index is 4.61. The van der Waals surface area contributed by atoms with Crippen molar-refractivity contribution in [3.8, 4) is 11.3 Å². The summed E-state index contributed by atoms with van der Waals surface area (Å²) in [5.41, 5.74) is 2.34. The van der Waals surface area contributed by atoms with Gasteiger partial charge in [0.1, 0.15) is 5.82 Å². The van der Waals surface area contributed by atoms with Gasteiger partial charge in [-0.2, -0.15) is 0 Å². The van der Waals surface area contributed by atoms with Crippen LogP contribution in [0.2, 0.25) is 0 Å². The summed E-state index contributed by atoms with van der Waals surface area (Å²) in [5, 5.41) is 2.51. The van der Waals surface area contributed by atoms with Crippen LogP contribution in [0, 0.1) is 0 Å². The molecule has 0 radical (unpaired) electrons. The summed E-state index contributed by atoms with van der Waals surface area (Å²) >= 11 is 3.52. The van der Waals surface area contributed by atoms with Crippen LogP contribution in [-0.2, 0) is 0 Å². The van der Waals surface area contributed by atoms with Crippen molar-refractivity contribution in [2.24, 2.45) is 0 Å². The van der Waals surface area contributed by atoms with E-state index in [0.717, 1.165) is 10.2 Å². The minimum absolute atomic E-state index is 0.634. The molecule has 0 saturated heterocycles. The van der Waals surface area contributed by atoms with Crippen LogP contribution >= 0.6 is 15.9 Å². The second-order valence-corrected chi connectivity index (χ2v) is 6.79. The number of aromatic nitrogens is 2. The number of hydrogen-bond donors (Lipinski definition) is 1. The molecule has 1 saturated carbocycles. The highest BCUT2D eigenvalue weighted by Gasteiger charge is 2.19. The lowest BCUT2D eigenvalue weighted by molar-refractivity contribution is 0.679. The highest BCUT2D eigenvalue weighted by Crippen LogP contribution is 2.33. The van der Waals surface area contributed by atoms with Crippen molar-refractivity contribution >= 4 is 26.7 Å². The van der Waals surface area contributed by atoms with Crippen LogP contribution in [0.1, 0.15) is 37.4 Å². The van der Waals surface area contributed by atoms with E-state index in [2.05, 4.69) is 62.3 Å². The Kier molecular flexibility index (Phi) is 3.30. The van der Waals surface area contributed by atoms with Crippen molar-refractivity contribution in [3.05, 3.63) is 52.9 Å². The smallest absolute Gasteiger partial charge is 0.109 e. The van der Waals surface area contributed by atoms with E-state index < -0.39 is 0 Å². The Morgan fingerprint density at radius 3 is 2.62 bits per heavy atom. The number of benzene rings is 2. The quantitative estimate of drug-likeness (QED) is 0.641. The molecule has 1 N–H and O–H groups in total. The second kappa shape index (κ2) is 5.30. The predicted molar refractivity (Wildman–Crippen MR) is 90.4 cm³/mol. The summed E-state index contributed by atoms with van der Waals surface area (Å²) in [6.07, 6.45) is 7.21. The first kappa shape index (κ1) is 13.1. The van der Waals surface area contributed by atoms with E-state index in [0.29, 0.717) is 5.92 Å². The predicted octanol–water partition coefficient (Wildman–Crippen LogP) is 5.65. The molecule has 2 aromatic carbocycles. The number of hydrogen-bond acceptors (Lipinski definition) is 1. The molecule has 0 bridgehead atoms. The fourth-order valence-electron chi connectivity index (χ4n) is 3.27. The van der Waals surface area contributed by atoms with Gasteiger partial charge in [-0.15, -0.1) is 0 Å². The molecule has 2 nitrogen and oxygen atoms in total.